The van der Waals surface area contributed by atoms with Crippen molar-refractivity contribution in [3.8, 4) is 0 Å². The molecule has 2 rings (SSSR count). The highest BCUT2D eigenvalue weighted by Crippen LogP contribution is 2.21. The minimum atomic E-state index is -3.16. The van der Waals surface area contributed by atoms with Crippen molar-refractivity contribution >= 4 is 21.7 Å². The van der Waals surface area contributed by atoms with Crippen LogP contribution in [0.1, 0.15) is 38.7 Å². The van der Waals surface area contributed by atoms with Gasteiger partial charge in [0.2, 0.25) is 0 Å². The molecule has 1 unspecified atom stereocenters. The zero-order valence-corrected chi connectivity index (χ0v) is 15.6. The van der Waals surface area contributed by atoms with Crippen molar-refractivity contribution in [2.45, 2.75) is 25.6 Å². The van der Waals surface area contributed by atoms with Gasteiger partial charge in [-0.15, -0.1) is 0 Å². The second-order valence-corrected chi connectivity index (χ2v) is 8.44. The number of amides is 1. The van der Waals surface area contributed by atoms with E-state index >= 15 is 0 Å². The van der Waals surface area contributed by atoms with Gasteiger partial charge in [0, 0.05) is 11.8 Å². The second-order valence-electron chi connectivity index (χ2n) is 6.30. The molecular weight excluding hydrogens is 354 g/mol. The van der Waals surface area contributed by atoms with Gasteiger partial charge < -0.3 is 10.4 Å². The number of hydrogen-bond acceptors (Lipinski definition) is 4. The van der Waals surface area contributed by atoms with Gasteiger partial charge in [0.05, 0.1) is 5.75 Å². The van der Waals surface area contributed by atoms with Crippen molar-refractivity contribution in [1.29, 1.82) is 0 Å². The number of rotatable bonds is 6. The molecule has 0 fully saturated rings. The lowest BCUT2D eigenvalue weighted by Crippen LogP contribution is -2.34. The molecule has 0 spiro atoms. The Kier molecular flexibility index (Phi) is 5.82. The molecule has 0 radical (unpaired) electrons. The van der Waals surface area contributed by atoms with E-state index in [-0.39, 0.29) is 11.3 Å². The summed E-state index contributed by atoms with van der Waals surface area (Å²) >= 11 is 0. The van der Waals surface area contributed by atoms with E-state index in [0.717, 1.165) is 17.4 Å². The van der Waals surface area contributed by atoms with Crippen molar-refractivity contribution < 1.29 is 23.1 Å². The predicted molar refractivity (Wildman–Crippen MR) is 98.7 cm³/mol. The minimum absolute atomic E-state index is 0.116. The molecule has 2 N–H and O–H groups in total. The molecule has 2 aromatic rings. The highest BCUT2D eigenvalue weighted by atomic mass is 32.2. The molecule has 0 aliphatic carbocycles. The Morgan fingerprint density at radius 1 is 1.08 bits per heavy atom. The van der Waals surface area contributed by atoms with Crippen LogP contribution in [0.5, 0.6) is 0 Å². The van der Waals surface area contributed by atoms with Gasteiger partial charge in [-0.2, -0.15) is 0 Å². The number of benzene rings is 2. The van der Waals surface area contributed by atoms with E-state index in [0.29, 0.717) is 11.1 Å². The molecule has 138 valence electrons. The summed E-state index contributed by atoms with van der Waals surface area (Å²) in [7, 11) is -3.16. The quantitative estimate of drug-likeness (QED) is 0.807. The number of nitrogens with one attached hydrogen (secondary N) is 1. The number of sulfone groups is 1. The first-order chi connectivity index (χ1) is 12.1. The summed E-state index contributed by atoms with van der Waals surface area (Å²) in [5, 5.41) is 12.1. The number of carboxylic acids is 1. The number of carbonyl (C=O) groups excluding carboxylic acids is 1. The van der Waals surface area contributed by atoms with E-state index in [2.05, 4.69) is 5.32 Å². The lowest BCUT2D eigenvalue weighted by molar-refractivity contribution is -0.139. The van der Waals surface area contributed by atoms with Crippen LogP contribution in [0.3, 0.4) is 0 Å². The summed E-state index contributed by atoms with van der Waals surface area (Å²) in [6, 6.07) is 10.2. The molecule has 0 aliphatic rings. The predicted octanol–water partition coefficient (Wildman–Crippen LogP) is 2.40. The van der Waals surface area contributed by atoms with Crippen molar-refractivity contribution in [3.63, 3.8) is 0 Å². The lowest BCUT2D eigenvalue weighted by atomic mass is 9.97. The van der Waals surface area contributed by atoms with Crippen molar-refractivity contribution in [2.75, 3.05) is 6.26 Å². The zero-order chi connectivity index (χ0) is 19.5. The fourth-order valence-corrected chi connectivity index (χ4v) is 3.43. The van der Waals surface area contributed by atoms with E-state index in [1.54, 1.807) is 24.3 Å². The molecule has 26 heavy (non-hydrogen) atoms. The summed E-state index contributed by atoms with van der Waals surface area (Å²) in [5.74, 6) is -1.81. The number of carboxylic acid groups (broad SMARTS) is 1. The molecule has 7 heteroatoms. The maximum Gasteiger partial charge on any atom is 0.330 e. The van der Waals surface area contributed by atoms with Gasteiger partial charge in [0.1, 0.15) is 0 Å². The van der Waals surface area contributed by atoms with Gasteiger partial charge in [-0.25, -0.2) is 13.2 Å². The highest BCUT2D eigenvalue weighted by Gasteiger charge is 2.24. The Morgan fingerprint density at radius 3 is 2.23 bits per heavy atom. The van der Waals surface area contributed by atoms with E-state index in [9.17, 15) is 23.1 Å². The minimum Gasteiger partial charge on any atom is -0.479 e. The van der Waals surface area contributed by atoms with Crippen LogP contribution in [0.2, 0.25) is 0 Å². The largest absolute Gasteiger partial charge is 0.479 e. The Hall–Kier alpha value is -2.67. The highest BCUT2D eigenvalue weighted by molar-refractivity contribution is 7.89. The van der Waals surface area contributed by atoms with Crippen LogP contribution in [-0.2, 0) is 20.4 Å². The van der Waals surface area contributed by atoms with Crippen LogP contribution in [0.25, 0.3) is 0 Å². The molecule has 0 aliphatic heterocycles. The van der Waals surface area contributed by atoms with Crippen molar-refractivity contribution in [1.82, 2.24) is 5.32 Å². The van der Waals surface area contributed by atoms with Crippen LogP contribution in [-0.4, -0.2) is 31.7 Å². The van der Waals surface area contributed by atoms with Gasteiger partial charge >= 0.3 is 5.97 Å². The third kappa shape index (κ3) is 4.92. The zero-order valence-electron chi connectivity index (χ0n) is 14.8. The molecule has 0 saturated heterocycles. The van der Waals surface area contributed by atoms with E-state index in [1.807, 2.05) is 19.9 Å². The Bertz CT molecular complexity index is 933. The summed E-state index contributed by atoms with van der Waals surface area (Å²) in [6.07, 6.45) is 1.13. The fraction of sp³-hybridized carbons (Fsp3) is 0.263. The van der Waals surface area contributed by atoms with Crippen LogP contribution in [0.15, 0.2) is 42.5 Å². The molecule has 0 aromatic heterocycles. The summed E-state index contributed by atoms with van der Waals surface area (Å²) in [4.78, 5) is 24.1. The van der Waals surface area contributed by atoms with E-state index in [1.165, 1.54) is 12.1 Å². The topological polar surface area (TPSA) is 101 Å². The standard InChI is InChI=1S/C19H21NO5S/c1-12-5-4-6-16(13(12)2)17(19(22)23)20-18(21)15-9-7-14(8-10-15)11-26(3,24)25/h4-10,17H,11H2,1-3H3,(H,20,21)(H,22,23). The lowest BCUT2D eigenvalue weighted by Gasteiger charge is -2.18. The van der Waals surface area contributed by atoms with Gasteiger partial charge in [0.25, 0.3) is 5.91 Å². The number of aryl methyl sites for hydroxylation is 1. The summed E-state index contributed by atoms with van der Waals surface area (Å²) < 4.78 is 22.6. The maximum atomic E-state index is 12.4. The number of carbonyl (C=O) groups is 2. The summed E-state index contributed by atoms with van der Waals surface area (Å²) in [6.45, 7) is 3.69. The SMILES string of the molecule is Cc1cccc(C(NC(=O)c2ccc(CS(C)(=O)=O)cc2)C(=O)O)c1C. The molecular formula is C19H21NO5S. The molecule has 0 heterocycles. The fourth-order valence-electron chi connectivity index (χ4n) is 2.63. The normalized spacial score (nSPS) is 12.4. The molecule has 0 saturated carbocycles. The van der Waals surface area contributed by atoms with Gasteiger partial charge in [-0.05, 0) is 48.2 Å². The van der Waals surface area contributed by atoms with Gasteiger partial charge in [0.15, 0.2) is 15.9 Å². The third-order valence-electron chi connectivity index (χ3n) is 4.12. The van der Waals surface area contributed by atoms with E-state index < -0.39 is 27.8 Å². The first-order valence-corrected chi connectivity index (χ1v) is 10.0. The molecule has 1 atom stereocenters. The van der Waals surface area contributed by atoms with Crippen molar-refractivity contribution in [2.24, 2.45) is 0 Å². The Balaban J connectivity index is 2.23. The van der Waals surface area contributed by atoms with Gasteiger partial charge in [-0.1, -0.05) is 30.3 Å². The molecule has 1 amide bonds. The molecule has 6 nitrogen and oxygen atoms in total. The maximum absolute atomic E-state index is 12.4. The average Bonchev–Trinajstić information content (AvgIpc) is 2.54. The number of aliphatic carboxylic acids is 1. The van der Waals surface area contributed by atoms with E-state index in [4.69, 9.17) is 0 Å². The second kappa shape index (κ2) is 7.70. The first-order valence-electron chi connectivity index (χ1n) is 7.95. The molecule has 2 aromatic carbocycles. The van der Waals surface area contributed by atoms with Gasteiger partial charge in [-0.3, -0.25) is 4.79 Å². The van der Waals surface area contributed by atoms with Crippen LogP contribution in [0, 0.1) is 13.8 Å². The smallest absolute Gasteiger partial charge is 0.330 e. The van der Waals surface area contributed by atoms with Crippen LogP contribution >= 0.6 is 0 Å². The first kappa shape index (κ1) is 19.7. The summed E-state index contributed by atoms with van der Waals surface area (Å²) in [5.41, 5.74) is 3.10. The average molecular weight is 375 g/mol. The van der Waals surface area contributed by atoms with Crippen LogP contribution < -0.4 is 5.32 Å². The third-order valence-corrected chi connectivity index (χ3v) is 4.98. The van der Waals surface area contributed by atoms with Crippen molar-refractivity contribution in [3.05, 3.63) is 70.3 Å². The number of hydrogen-bond donors (Lipinski definition) is 2. The monoisotopic (exact) mass is 375 g/mol. The molecule has 0 bridgehead atoms. The Morgan fingerprint density at radius 2 is 1.69 bits per heavy atom. The Labute approximate surface area is 152 Å². The van der Waals surface area contributed by atoms with Crippen LogP contribution in [0.4, 0.5) is 0 Å².